The lowest BCUT2D eigenvalue weighted by Crippen LogP contribution is -2.33. The van der Waals surface area contributed by atoms with E-state index in [4.69, 9.17) is 4.52 Å². The summed E-state index contributed by atoms with van der Waals surface area (Å²) in [4.78, 5) is 30.1. The summed E-state index contributed by atoms with van der Waals surface area (Å²) in [7, 11) is 0. The van der Waals surface area contributed by atoms with Crippen molar-refractivity contribution in [2.75, 3.05) is 13.1 Å². The Morgan fingerprint density at radius 1 is 1.38 bits per heavy atom. The Hall–Kier alpha value is -2.70. The number of nitrogens with zero attached hydrogens (tertiary/aromatic N) is 3. The highest BCUT2D eigenvalue weighted by Crippen LogP contribution is 2.18. The van der Waals surface area contributed by atoms with Gasteiger partial charge in [-0.05, 0) is 12.0 Å². The van der Waals surface area contributed by atoms with Crippen LogP contribution >= 0.6 is 0 Å². The van der Waals surface area contributed by atoms with E-state index >= 15 is 0 Å². The van der Waals surface area contributed by atoms with Crippen molar-refractivity contribution in [1.82, 2.24) is 20.4 Å². The van der Waals surface area contributed by atoms with Gasteiger partial charge < -0.3 is 14.7 Å². The largest absolute Gasteiger partial charge is 0.348 e. The molecule has 0 saturated carbocycles. The molecule has 1 saturated heterocycles. The summed E-state index contributed by atoms with van der Waals surface area (Å²) in [5.74, 6) is 0.462. The molecular formula is C17H20N4O3. The molecule has 1 fully saturated rings. The molecule has 0 bridgehead atoms. The van der Waals surface area contributed by atoms with Crippen LogP contribution in [0, 0.1) is 12.8 Å². The lowest BCUT2D eigenvalue weighted by molar-refractivity contribution is -0.129. The molecule has 1 atom stereocenters. The SMILES string of the molecule is Cc1nc(CNC(=O)C2CC(=O)N(CCc3ccccc3)C2)no1. The van der Waals surface area contributed by atoms with Crippen molar-refractivity contribution in [3.63, 3.8) is 0 Å². The average molecular weight is 328 g/mol. The number of benzene rings is 1. The van der Waals surface area contributed by atoms with Gasteiger partial charge in [0.25, 0.3) is 0 Å². The number of aryl methyl sites for hydroxylation is 1. The number of nitrogens with one attached hydrogen (secondary N) is 1. The van der Waals surface area contributed by atoms with Crippen LogP contribution < -0.4 is 5.32 Å². The fraction of sp³-hybridized carbons (Fsp3) is 0.412. The number of rotatable bonds is 6. The summed E-state index contributed by atoms with van der Waals surface area (Å²) < 4.78 is 4.86. The average Bonchev–Trinajstić information content (AvgIpc) is 3.17. The number of carbonyl (C=O) groups is 2. The van der Waals surface area contributed by atoms with E-state index in [1.807, 2.05) is 30.3 Å². The predicted molar refractivity (Wildman–Crippen MR) is 85.7 cm³/mol. The first-order chi connectivity index (χ1) is 11.6. The van der Waals surface area contributed by atoms with E-state index in [9.17, 15) is 9.59 Å². The van der Waals surface area contributed by atoms with Gasteiger partial charge in [-0.3, -0.25) is 9.59 Å². The molecule has 0 spiro atoms. The molecule has 7 nitrogen and oxygen atoms in total. The molecule has 1 aromatic heterocycles. The second kappa shape index (κ2) is 7.25. The molecule has 126 valence electrons. The first-order valence-electron chi connectivity index (χ1n) is 8.00. The highest BCUT2D eigenvalue weighted by molar-refractivity contribution is 5.89. The van der Waals surface area contributed by atoms with E-state index in [0.717, 1.165) is 6.42 Å². The normalized spacial score (nSPS) is 17.3. The summed E-state index contributed by atoms with van der Waals surface area (Å²) in [6, 6.07) is 10.0. The second-order valence-electron chi connectivity index (χ2n) is 5.92. The van der Waals surface area contributed by atoms with Crippen molar-refractivity contribution >= 4 is 11.8 Å². The van der Waals surface area contributed by atoms with E-state index in [2.05, 4.69) is 15.5 Å². The molecule has 1 aliphatic heterocycles. The molecule has 1 N–H and O–H groups in total. The minimum atomic E-state index is -0.318. The molecule has 1 unspecified atom stereocenters. The Morgan fingerprint density at radius 2 is 2.17 bits per heavy atom. The number of aromatic nitrogens is 2. The van der Waals surface area contributed by atoms with Crippen LogP contribution in [0.4, 0.5) is 0 Å². The maximum atomic E-state index is 12.2. The minimum Gasteiger partial charge on any atom is -0.348 e. The van der Waals surface area contributed by atoms with Gasteiger partial charge in [-0.1, -0.05) is 35.5 Å². The van der Waals surface area contributed by atoms with Gasteiger partial charge in [-0.15, -0.1) is 0 Å². The van der Waals surface area contributed by atoms with Crippen molar-refractivity contribution in [2.24, 2.45) is 5.92 Å². The summed E-state index contributed by atoms with van der Waals surface area (Å²) in [6.07, 6.45) is 1.05. The highest BCUT2D eigenvalue weighted by Gasteiger charge is 2.33. The summed E-state index contributed by atoms with van der Waals surface area (Å²) in [6.45, 7) is 3.00. The van der Waals surface area contributed by atoms with Crippen LogP contribution in [0.5, 0.6) is 0 Å². The van der Waals surface area contributed by atoms with E-state index < -0.39 is 0 Å². The molecule has 1 aliphatic rings. The van der Waals surface area contributed by atoms with Gasteiger partial charge in [0, 0.05) is 26.4 Å². The third-order valence-corrected chi connectivity index (χ3v) is 4.09. The van der Waals surface area contributed by atoms with Crippen LogP contribution in [-0.4, -0.2) is 39.9 Å². The van der Waals surface area contributed by atoms with Crippen molar-refractivity contribution < 1.29 is 14.1 Å². The van der Waals surface area contributed by atoms with E-state index in [0.29, 0.717) is 24.8 Å². The van der Waals surface area contributed by atoms with Crippen LogP contribution in [0.15, 0.2) is 34.9 Å². The number of carbonyl (C=O) groups excluding carboxylic acids is 2. The van der Waals surface area contributed by atoms with E-state index in [1.54, 1.807) is 11.8 Å². The Balaban J connectivity index is 1.47. The summed E-state index contributed by atoms with van der Waals surface area (Å²) >= 11 is 0. The monoisotopic (exact) mass is 328 g/mol. The van der Waals surface area contributed by atoms with Gasteiger partial charge >= 0.3 is 0 Å². The number of hydrogen-bond donors (Lipinski definition) is 1. The van der Waals surface area contributed by atoms with Gasteiger partial charge in [0.05, 0.1) is 12.5 Å². The van der Waals surface area contributed by atoms with Gasteiger partial charge in [-0.25, -0.2) is 0 Å². The zero-order chi connectivity index (χ0) is 16.9. The molecule has 2 heterocycles. The fourth-order valence-electron chi connectivity index (χ4n) is 2.80. The number of likely N-dealkylation sites (tertiary alicyclic amines) is 1. The van der Waals surface area contributed by atoms with Gasteiger partial charge in [0.1, 0.15) is 0 Å². The minimum absolute atomic E-state index is 0.0292. The Labute approximate surface area is 140 Å². The molecule has 3 rings (SSSR count). The summed E-state index contributed by atoms with van der Waals surface area (Å²) in [5, 5.41) is 6.50. The molecule has 2 amide bonds. The lowest BCUT2D eigenvalue weighted by atomic mass is 10.1. The van der Waals surface area contributed by atoms with Crippen molar-refractivity contribution in [2.45, 2.75) is 26.3 Å². The lowest BCUT2D eigenvalue weighted by Gasteiger charge is -2.16. The zero-order valence-electron chi connectivity index (χ0n) is 13.6. The summed E-state index contributed by atoms with van der Waals surface area (Å²) in [5.41, 5.74) is 1.19. The quantitative estimate of drug-likeness (QED) is 0.857. The van der Waals surface area contributed by atoms with Gasteiger partial charge in [0.2, 0.25) is 17.7 Å². The van der Waals surface area contributed by atoms with Crippen molar-refractivity contribution in [3.8, 4) is 0 Å². The Kier molecular flexibility index (Phi) is 4.88. The first kappa shape index (κ1) is 16.2. The third kappa shape index (κ3) is 3.98. The molecule has 7 heteroatoms. The molecular weight excluding hydrogens is 308 g/mol. The highest BCUT2D eigenvalue weighted by atomic mass is 16.5. The maximum Gasteiger partial charge on any atom is 0.225 e. The predicted octanol–water partition coefficient (Wildman–Crippen LogP) is 1.09. The number of amides is 2. The Bertz CT molecular complexity index is 714. The molecule has 24 heavy (non-hydrogen) atoms. The second-order valence-corrected chi connectivity index (χ2v) is 5.92. The van der Waals surface area contributed by atoms with E-state index in [-0.39, 0.29) is 30.7 Å². The van der Waals surface area contributed by atoms with Crippen LogP contribution in [-0.2, 0) is 22.6 Å². The van der Waals surface area contributed by atoms with Crippen molar-refractivity contribution in [3.05, 3.63) is 47.6 Å². The van der Waals surface area contributed by atoms with Gasteiger partial charge in [0.15, 0.2) is 5.82 Å². The van der Waals surface area contributed by atoms with Gasteiger partial charge in [-0.2, -0.15) is 4.98 Å². The molecule has 1 aromatic carbocycles. The smallest absolute Gasteiger partial charge is 0.225 e. The third-order valence-electron chi connectivity index (χ3n) is 4.09. The topological polar surface area (TPSA) is 88.3 Å². The van der Waals surface area contributed by atoms with Crippen LogP contribution in [0.3, 0.4) is 0 Å². The zero-order valence-corrected chi connectivity index (χ0v) is 13.6. The van der Waals surface area contributed by atoms with Crippen LogP contribution in [0.1, 0.15) is 23.7 Å². The maximum absolute atomic E-state index is 12.2. The van der Waals surface area contributed by atoms with Crippen LogP contribution in [0.25, 0.3) is 0 Å². The van der Waals surface area contributed by atoms with E-state index in [1.165, 1.54) is 5.56 Å². The van der Waals surface area contributed by atoms with Crippen molar-refractivity contribution in [1.29, 1.82) is 0 Å². The molecule has 0 radical (unpaired) electrons. The number of hydrogen-bond acceptors (Lipinski definition) is 5. The molecule has 0 aliphatic carbocycles. The van der Waals surface area contributed by atoms with Crippen LogP contribution in [0.2, 0.25) is 0 Å². The fourth-order valence-corrected chi connectivity index (χ4v) is 2.80. The Morgan fingerprint density at radius 3 is 2.88 bits per heavy atom. The molecule has 2 aromatic rings. The standard InChI is InChI=1S/C17H20N4O3/c1-12-19-15(20-24-12)10-18-17(23)14-9-16(22)21(11-14)8-7-13-5-3-2-4-6-13/h2-6,14H,7-11H2,1H3,(H,18,23). The first-order valence-corrected chi connectivity index (χ1v) is 8.00.